The van der Waals surface area contributed by atoms with Crippen LogP contribution in [0.25, 0.3) is 0 Å². The second-order valence-corrected chi connectivity index (χ2v) is 5.89. The molecule has 2 heterocycles. The molecule has 8 heteroatoms. The van der Waals surface area contributed by atoms with E-state index in [1.807, 2.05) is 12.1 Å². The van der Waals surface area contributed by atoms with E-state index < -0.39 is 0 Å². The molecular formula is C18H13ClN4O3. The molecule has 0 saturated carbocycles. The highest BCUT2D eigenvalue weighted by Crippen LogP contribution is 2.34. The number of ether oxygens (including phenoxy) is 2. The highest BCUT2D eigenvalue weighted by atomic mass is 35.5. The van der Waals surface area contributed by atoms with Crippen molar-refractivity contribution in [1.82, 2.24) is 9.97 Å². The van der Waals surface area contributed by atoms with E-state index in [-0.39, 0.29) is 12.7 Å². The third-order valence-corrected chi connectivity index (χ3v) is 3.86. The van der Waals surface area contributed by atoms with Crippen molar-refractivity contribution in [3.8, 4) is 11.5 Å². The lowest BCUT2D eigenvalue weighted by molar-refractivity contribution is 0.102. The Labute approximate surface area is 154 Å². The Kier molecular flexibility index (Phi) is 4.28. The minimum atomic E-state index is -0.321. The second kappa shape index (κ2) is 6.89. The van der Waals surface area contributed by atoms with Crippen LogP contribution in [0.4, 0.5) is 17.3 Å². The topological polar surface area (TPSA) is 85.4 Å². The SMILES string of the molecule is O=C(Nc1ccc2c(c1)OCO2)c1cnc(Nc2cccc(Cl)c2)nc1. The molecular weight excluding hydrogens is 356 g/mol. The van der Waals surface area contributed by atoms with Crippen LogP contribution in [-0.4, -0.2) is 22.7 Å². The van der Waals surface area contributed by atoms with Crippen LogP contribution in [0.1, 0.15) is 10.4 Å². The largest absolute Gasteiger partial charge is 0.454 e. The molecule has 0 spiro atoms. The Balaban J connectivity index is 1.43. The van der Waals surface area contributed by atoms with Crippen molar-refractivity contribution in [2.45, 2.75) is 0 Å². The van der Waals surface area contributed by atoms with Crippen LogP contribution in [0.15, 0.2) is 54.9 Å². The van der Waals surface area contributed by atoms with Crippen molar-refractivity contribution in [3.05, 3.63) is 65.4 Å². The van der Waals surface area contributed by atoms with Crippen LogP contribution in [-0.2, 0) is 0 Å². The number of hydrogen-bond donors (Lipinski definition) is 2. The van der Waals surface area contributed by atoms with E-state index in [9.17, 15) is 4.79 Å². The molecule has 1 aromatic heterocycles. The number of halogens is 1. The molecule has 130 valence electrons. The van der Waals surface area contributed by atoms with E-state index in [0.717, 1.165) is 5.69 Å². The zero-order chi connectivity index (χ0) is 17.9. The summed E-state index contributed by atoms with van der Waals surface area (Å²) < 4.78 is 10.5. The van der Waals surface area contributed by atoms with E-state index in [1.165, 1.54) is 12.4 Å². The van der Waals surface area contributed by atoms with Crippen molar-refractivity contribution < 1.29 is 14.3 Å². The lowest BCUT2D eigenvalue weighted by atomic mass is 10.2. The van der Waals surface area contributed by atoms with Gasteiger partial charge in [0, 0.05) is 34.9 Å². The van der Waals surface area contributed by atoms with Gasteiger partial charge < -0.3 is 20.1 Å². The molecule has 26 heavy (non-hydrogen) atoms. The molecule has 2 N–H and O–H groups in total. The van der Waals surface area contributed by atoms with Gasteiger partial charge >= 0.3 is 0 Å². The lowest BCUT2D eigenvalue weighted by Gasteiger charge is -2.07. The van der Waals surface area contributed by atoms with Gasteiger partial charge in [-0.05, 0) is 30.3 Å². The molecule has 0 radical (unpaired) electrons. The molecule has 0 fully saturated rings. The lowest BCUT2D eigenvalue weighted by Crippen LogP contribution is -2.13. The van der Waals surface area contributed by atoms with Crippen LogP contribution in [0.3, 0.4) is 0 Å². The van der Waals surface area contributed by atoms with E-state index in [2.05, 4.69) is 20.6 Å². The molecule has 0 aliphatic carbocycles. The van der Waals surface area contributed by atoms with E-state index in [4.69, 9.17) is 21.1 Å². The van der Waals surface area contributed by atoms with Crippen molar-refractivity contribution in [3.63, 3.8) is 0 Å². The summed E-state index contributed by atoms with van der Waals surface area (Å²) >= 11 is 5.94. The number of nitrogens with one attached hydrogen (secondary N) is 2. The molecule has 0 unspecified atom stereocenters. The van der Waals surface area contributed by atoms with Gasteiger partial charge in [0.05, 0.1) is 5.56 Å². The van der Waals surface area contributed by atoms with E-state index >= 15 is 0 Å². The number of nitrogens with zero attached hydrogens (tertiary/aromatic N) is 2. The number of aromatic nitrogens is 2. The standard InChI is InChI=1S/C18H13ClN4O3/c19-12-2-1-3-13(6-12)23-18-20-8-11(9-21-18)17(24)22-14-4-5-15-16(7-14)26-10-25-15/h1-9H,10H2,(H,22,24)(H,20,21,23). The fourth-order valence-corrected chi connectivity index (χ4v) is 2.57. The number of carbonyl (C=O) groups excluding carboxylic acids is 1. The van der Waals surface area contributed by atoms with Gasteiger partial charge in [-0.25, -0.2) is 9.97 Å². The number of benzene rings is 2. The predicted molar refractivity (Wildman–Crippen MR) is 97.3 cm³/mol. The predicted octanol–water partition coefficient (Wildman–Crippen LogP) is 3.85. The Bertz CT molecular complexity index is 963. The average molecular weight is 369 g/mol. The average Bonchev–Trinajstić information content (AvgIpc) is 3.10. The van der Waals surface area contributed by atoms with Gasteiger partial charge in [0.15, 0.2) is 11.5 Å². The normalized spacial score (nSPS) is 11.9. The molecule has 1 amide bonds. The summed E-state index contributed by atoms with van der Waals surface area (Å²) in [5.74, 6) is 1.30. The maximum atomic E-state index is 12.3. The smallest absolute Gasteiger partial charge is 0.258 e. The van der Waals surface area contributed by atoms with Gasteiger partial charge in [-0.3, -0.25) is 4.79 Å². The number of rotatable bonds is 4. The number of carbonyl (C=O) groups is 1. The molecule has 0 bridgehead atoms. The highest BCUT2D eigenvalue weighted by Gasteiger charge is 2.15. The van der Waals surface area contributed by atoms with Gasteiger partial charge in [0.1, 0.15) is 0 Å². The highest BCUT2D eigenvalue weighted by molar-refractivity contribution is 6.30. The minimum Gasteiger partial charge on any atom is -0.454 e. The van der Waals surface area contributed by atoms with Crippen molar-refractivity contribution in [2.75, 3.05) is 17.4 Å². The maximum absolute atomic E-state index is 12.3. The van der Waals surface area contributed by atoms with E-state index in [1.54, 1.807) is 30.3 Å². The van der Waals surface area contributed by atoms with Crippen molar-refractivity contribution in [1.29, 1.82) is 0 Å². The Morgan fingerprint density at radius 2 is 1.81 bits per heavy atom. The summed E-state index contributed by atoms with van der Waals surface area (Å²) in [7, 11) is 0. The Hall–Kier alpha value is -3.32. The quantitative estimate of drug-likeness (QED) is 0.727. The molecule has 4 rings (SSSR count). The molecule has 0 saturated heterocycles. The fourth-order valence-electron chi connectivity index (χ4n) is 2.38. The molecule has 1 aliphatic rings. The van der Waals surface area contributed by atoms with Crippen LogP contribution in [0.2, 0.25) is 5.02 Å². The molecule has 0 atom stereocenters. The maximum Gasteiger partial charge on any atom is 0.258 e. The van der Waals surface area contributed by atoms with Gasteiger partial charge in [-0.2, -0.15) is 0 Å². The first-order valence-electron chi connectivity index (χ1n) is 7.73. The molecule has 1 aliphatic heterocycles. The summed E-state index contributed by atoms with van der Waals surface area (Å²) in [6, 6.07) is 12.4. The third kappa shape index (κ3) is 3.52. The van der Waals surface area contributed by atoms with Gasteiger partial charge in [-0.1, -0.05) is 17.7 Å². The molecule has 2 aromatic carbocycles. The van der Waals surface area contributed by atoms with Gasteiger partial charge in [0.25, 0.3) is 5.91 Å². The summed E-state index contributed by atoms with van der Waals surface area (Å²) in [4.78, 5) is 20.6. The van der Waals surface area contributed by atoms with Crippen molar-refractivity contribution >= 4 is 34.8 Å². The first-order chi connectivity index (χ1) is 12.7. The van der Waals surface area contributed by atoms with E-state index in [0.29, 0.717) is 33.7 Å². The zero-order valence-corrected chi connectivity index (χ0v) is 14.2. The monoisotopic (exact) mass is 368 g/mol. The summed E-state index contributed by atoms with van der Waals surface area (Å²) in [5.41, 5.74) is 1.69. The first kappa shape index (κ1) is 16.2. The first-order valence-corrected chi connectivity index (χ1v) is 8.11. The number of anilines is 3. The van der Waals surface area contributed by atoms with Crippen molar-refractivity contribution in [2.24, 2.45) is 0 Å². The van der Waals surface area contributed by atoms with Crippen LogP contribution < -0.4 is 20.1 Å². The van der Waals surface area contributed by atoms with Crippen LogP contribution in [0, 0.1) is 0 Å². The Morgan fingerprint density at radius 3 is 2.62 bits per heavy atom. The minimum absolute atomic E-state index is 0.182. The summed E-state index contributed by atoms with van der Waals surface area (Å²) in [6.45, 7) is 0.182. The van der Waals surface area contributed by atoms with Gasteiger partial charge in [0.2, 0.25) is 12.7 Å². The Morgan fingerprint density at radius 1 is 1.00 bits per heavy atom. The second-order valence-electron chi connectivity index (χ2n) is 5.45. The summed E-state index contributed by atoms with van der Waals surface area (Å²) in [6.07, 6.45) is 2.89. The number of fused-ring (bicyclic) bond motifs is 1. The van der Waals surface area contributed by atoms with Crippen LogP contribution in [0.5, 0.6) is 11.5 Å². The van der Waals surface area contributed by atoms with Crippen LogP contribution >= 0.6 is 11.6 Å². The number of amides is 1. The number of hydrogen-bond acceptors (Lipinski definition) is 6. The molecule has 3 aromatic rings. The summed E-state index contributed by atoms with van der Waals surface area (Å²) in [5, 5.41) is 6.40. The fraction of sp³-hybridized carbons (Fsp3) is 0.0556. The zero-order valence-electron chi connectivity index (χ0n) is 13.4. The third-order valence-electron chi connectivity index (χ3n) is 3.63. The van der Waals surface area contributed by atoms with Gasteiger partial charge in [-0.15, -0.1) is 0 Å². The molecule has 7 nitrogen and oxygen atoms in total.